The van der Waals surface area contributed by atoms with Crippen LogP contribution in [0, 0.1) is 0 Å². The number of para-hydroxylation sites is 1. The van der Waals surface area contributed by atoms with E-state index in [9.17, 15) is 0 Å². The van der Waals surface area contributed by atoms with Crippen molar-refractivity contribution in [2.75, 3.05) is 30.0 Å². The van der Waals surface area contributed by atoms with Gasteiger partial charge in [-0.15, -0.1) is 0 Å². The number of nitrogens with one attached hydrogen (secondary N) is 1. The predicted octanol–water partition coefficient (Wildman–Crippen LogP) is 3.30. The number of thioether (sulfide) groups is 1. The summed E-state index contributed by atoms with van der Waals surface area (Å²) in [6, 6.07) is 9.92. The van der Waals surface area contributed by atoms with Gasteiger partial charge >= 0.3 is 0 Å². The molecule has 1 aromatic carbocycles. The van der Waals surface area contributed by atoms with Crippen LogP contribution in [0.25, 0.3) is 0 Å². The third kappa shape index (κ3) is 3.01. The first-order chi connectivity index (χ1) is 8.74. The highest BCUT2D eigenvalue weighted by Crippen LogP contribution is 2.30. The fourth-order valence-corrected chi connectivity index (χ4v) is 3.88. The van der Waals surface area contributed by atoms with Crippen LogP contribution in [0.1, 0.15) is 31.9 Å². The standard InChI is InChI=1S/C15H24N2S/c1-4-16-12(2)14-7-5-6-8-15(14)17(3)13-9-10-18-11-13/h5-8,12-13,16H,4,9-11H2,1-3H3. The van der Waals surface area contributed by atoms with Crippen LogP contribution in [0.4, 0.5) is 5.69 Å². The van der Waals surface area contributed by atoms with Gasteiger partial charge in [-0.1, -0.05) is 25.1 Å². The molecule has 2 nitrogen and oxygen atoms in total. The maximum atomic E-state index is 3.52. The molecule has 1 saturated heterocycles. The highest BCUT2D eigenvalue weighted by molar-refractivity contribution is 7.99. The van der Waals surface area contributed by atoms with E-state index in [1.165, 1.54) is 29.2 Å². The third-order valence-corrected chi connectivity index (χ3v) is 4.89. The van der Waals surface area contributed by atoms with Crippen LogP contribution >= 0.6 is 11.8 Å². The zero-order chi connectivity index (χ0) is 13.0. The second kappa shape index (κ2) is 6.48. The van der Waals surface area contributed by atoms with E-state index in [-0.39, 0.29) is 0 Å². The first-order valence-electron chi connectivity index (χ1n) is 6.87. The summed E-state index contributed by atoms with van der Waals surface area (Å²) in [5, 5.41) is 3.52. The molecule has 1 fully saturated rings. The minimum atomic E-state index is 0.419. The topological polar surface area (TPSA) is 15.3 Å². The lowest BCUT2D eigenvalue weighted by Crippen LogP contribution is -2.33. The Kier molecular flexibility index (Phi) is 4.95. The number of rotatable bonds is 5. The molecular weight excluding hydrogens is 240 g/mol. The van der Waals surface area contributed by atoms with Crippen LogP contribution in [0.15, 0.2) is 24.3 Å². The molecule has 2 atom stereocenters. The highest BCUT2D eigenvalue weighted by atomic mass is 32.2. The van der Waals surface area contributed by atoms with E-state index in [0.717, 1.165) is 6.54 Å². The number of benzene rings is 1. The summed E-state index contributed by atoms with van der Waals surface area (Å²) in [6.07, 6.45) is 1.31. The van der Waals surface area contributed by atoms with Gasteiger partial charge in [0.05, 0.1) is 0 Å². The van der Waals surface area contributed by atoms with Gasteiger partial charge in [-0.25, -0.2) is 0 Å². The summed E-state index contributed by atoms with van der Waals surface area (Å²) in [6.45, 7) is 5.43. The first-order valence-corrected chi connectivity index (χ1v) is 8.02. The molecule has 0 aromatic heterocycles. The zero-order valence-corrected chi connectivity index (χ0v) is 12.5. The van der Waals surface area contributed by atoms with Crippen LogP contribution in [0.5, 0.6) is 0 Å². The Labute approximate surface area is 115 Å². The largest absolute Gasteiger partial charge is 0.370 e. The second-order valence-corrected chi connectivity index (χ2v) is 6.12. The van der Waals surface area contributed by atoms with Crippen molar-refractivity contribution in [3.8, 4) is 0 Å². The van der Waals surface area contributed by atoms with E-state index in [0.29, 0.717) is 12.1 Å². The van der Waals surface area contributed by atoms with E-state index in [2.05, 4.69) is 67.1 Å². The normalized spacial score (nSPS) is 20.9. The van der Waals surface area contributed by atoms with Crippen LogP contribution in [-0.2, 0) is 0 Å². The maximum absolute atomic E-state index is 3.52. The zero-order valence-electron chi connectivity index (χ0n) is 11.6. The van der Waals surface area contributed by atoms with Gasteiger partial charge in [0.25, 0.3) is 0 Å². The van der Waals surface area contributed by atoms with E-state index < -0.39 is 0 Å². The van der Waals surface area contributed by atoms with E-state index in [4.69, 9.17) is 0 Å². The quantitative estimate of drug-likeness (QED) is 0.878. The second-order valence-electron chi connectivity index (χ2n) is 4.97. The lowest BCUT2D eigenvalue weighted by atomic mass is 10.0. The number of nitrogens with zero attached hydrogens (tertiary/aromatic N) is 1. The molecule has 18 heavy (non-hydrogen) atoms. The van der Waals surface area contributed by atoms with Crippen molar-refractivity contribution >= 4 is 17.4 Å². The summed E-state index contributed by atoms with van der Waals surface area (Å²) in [5.74, 6) is 2.57. The van der Waals surface area contributed by atoms with Crippen LogP contribution in [0.3, 0.4) is 0 Å². The Bertz CT molecular complexity index is 375. The Morgan fingerprint density at radius 3 is 2.89 bits per heavy atom. The van der Waals surface area contributed by atoms with Crippen LogP contribution in [-0.4, -0.2) is 31.1 Å². The minimum Gasteiger partial charge on any atom is -0.370 e. The van der Waals surface area contributed by atoms with Gasteiger partial charge in [0, 0.05) is 30.6 Å². The Hall–Kier alpha value is -0.670. The fraction of sp³-hybridized carbons (Fsp3) is 0.600. The SMILES string of the molecule is CCNC(C)c1ccccc1N(C)C1CCSC1. The molecule has 0 bridgehead atoms. The van der Waals surface area contributed by atoms with E-state index >= 15 is 0 Å². The monoisotopic (exact) mass is 264 g/mol. The maximum Gasteiger partial charge on any atom is 0.0414 e. The molecule has 1 aromatic rings. The van der Waals surface area contributed by atoms with Crippen molar-refractivity contribution in [3.63, 3.8) is 0 Å². The number of anilines is 1. The van der Waals surface area contributed by atoms with Crippen molar-refractivity contribution in [3.05, 3.63) is 29.8 Å². The average molecular weight is 264 g/mol. The van der Waals surface area contributed by atoms with Crippen molar-refractivity contribution in [2.24, 2.45) is 0 Å². The van der Waals surface area contributed by atoms with Gasteiger partial charge in [0.15, 0.2) is 0 Å². The van der Waals surface area contributed by atoms with E-state index in [1.807, 2.05) is 0 Å². The molecule has 2 rings (SSSR count). The Morgan fingerprint density at radius 1 is 1.44 bits per heavy atom. The molecule has 0 spiro atoms. The van der Waals surface area contributed by atoms with Gasteiger partial charge in [-0.3, -0.25) is 0 Å². The van der Waals surface area contributed by atoms with Gasteiger partial charge in [0.1, 0.15) is 0 Å². The minimum absolute atomic E-state index is 0.419. The molecule has 100 valence electrons. The van der Waals surface area contributed by atoms with Crippen LogP contribution in [0.2, 0.25) is 0 Å². The first kappa shape index (κ1) is 13.8. The molecule has 0 amide bonds. The lowest BCUT2D eigenvalue weighted by Gasteiger charge is -2.30. The summed E-state index contributed by atoms with van der Waals surface area (Å²) in [4.78, 5) is 2.48. The molecule has 0 aliphatic carbocycles. The van der Waals surface area contributed by atoms with Crippen molar-refractivity contribution in [1.29, 1.82) is 0 Å². The predicted molar refractivity (Wildman–Crippen MR) is 82.7 cm³/mol. The number of hydrogen-bond donors (Lipinski definition) is 1. The fourth-order valence-electron chi connectivity index (χ4n) is 2.62. The van der Waals surface area contributed by atoms with E-state index in [1.54, 1.807) is 0 Å². The molecule has 1 aliphatic heterocycles. The highest BCUT2D eigenvalue weighted by Gasteiger charge is 2.22. The van der Waals surface area contributed by atoms with Gasteiger partial charge in [-0.2, -0.15) is 11.8 Å². The van der Waals surface area contributed by atoms with Crippen molar-refractivity contribution in [2.45, 2.75) is 32.4 Å². The molecule has 1 heterocycles. The van der Waals surface area contributed by atoms with Gasteiger partial charge in [-0.05, 0) is 37.3 Å². The molecule has 1 N–H and O–H groups in total. The lowest BCUT2D eigenvalue weighted by molar-refractivity contribution is 0.593. The average Bonchev–Trinajstić information content (AvgIpc) is 2.92. The molecule has 0 radical (unpaired) electrons. The molecule has 1 aliphatic rings. The van der Waals surface area contributed by atoms with Gasteiger partial charge < -0.3 is 10.2 Å². The Balaban J connectivity index is 2.20. The van der Waals surface area contributed by atoms with Crippen molar-refractivity contribution < 1.29 is 0 Å². The molecule has 0 saturated carbocycles. The Morgan fingerprint density at radius 2 is 2.22 bits per heavy atom. The molecular formula is C15H24N2S. The smallest absolute Gasteiger partial charge is 0.0414 e. The molecule has 3 heteroatoms. The number of hydrogen-bond acceptors (Lipinski definition) is 3. The molecule has 2 unspecified atom stereocenters. The van der Waals surface area contributed by atoms with Crippen molar-refractivity contribution in [1.82, 2.24) is 5.32 Å². The summed E-state index contributed by atoms with van der Waals surface area (Å²) in [5.41, 5.74) is 2.80. The summed E-state index contributed by atoms with van der Waals surface area (Å²) >= 11 is 2.07. The van der Waals surface area contributed by atoms with Crippen LogP contribution < -0.4 is 10.2 Å². The third-order valence-electron chi connectivity index (χ3n) is 3.75. The van der Waals surface area contributed by atoms with Gasteiger partial charge in [0.2, 0.25) is 0 Å². The summed E-state index contributed by atoms with van der Waals surface area (Å²) < 4.78 is 0. The summed E-state index contributed by atoms with van der Waals surface area (Å²) in [7, 11) is 2.24.